The van der Waals surface area contributed by atoms with Crippen LogP contribution in [0.3, 0.4) is 0 Å². The van der Waals surface area contributed by atoms with E-state index < -0.39 is 11.7 Å². The van der Waals surface area contributed by atoms with Gasteiger partial charge in [0.2, 0.25) is 0 Å². The average molecular weight is 274 g/mol. The average Bonchev–Trinajstić information content (AvgIpc) is 2.24. The number of ether oxygens (including phenoxy) is 1. The molecule has 0 atom stereocenters. The number of hydrogen-bond donors (Lipinski definition) is 3. The Morgan fingerprint density at radius 1 is 1.00 bits per heavy atom. The minimum atomic E-state index is -0.478. The van der Waals surface area contributed by atoms with E-state index in [2.05, 4.69) is 16.0 Å². The summed E-state index contributed by atoms with van der Waals surface area (Å²) in [5, 5.41) is 8.46. The SMILES string of the molecule is CN(C)C(=O)NCCNCCNC(=O)OC(C)(C)C. The second-order valence-electron chi connectivity index (χ2n) is 5.31. The zero-order valence-corrected chi connectivity index (χ0v) is 12.5. The Bertz CT molecular complexity index is 287. The molecule has 0 saturated carbocycles. The number of carbonyl (C=O) groups is 2. The van der Waals surface area contributed by atoms with Crippen molar-refractivity contribution in [1.82, 2.24) is 20.9 Å². The standard InChI is InChI=1S/C12H26N4O3/c1-12(2,3)19-11(18)15-9-7-13-6-8-14-10(17)16(4)5/h13H,6-9H2,1-5H3,(H,14,17)(H,15,18). The minimum Gasteiger partial charge on any atom is -0.444 e. The highest BCUT2D eigenvalue weighted by Gasteiger charge is 2.15. The summed E-state index contributed by atoms with van der Waals surface area (Å²) >= 11 is 0. The Morgan fingerprint density at radius 2 is 1.53 bits per heavy atom. The van der Waals surface area contributed by atoms with Gasteiger partial charge in [-0.15, -0.1) is 0 Å². The molecule has 3 N–H and O–H groups in total. The van der Waals surface area contributed by atoms with Crippen molar-refractivity contribution in [2.45, 2.75) is 26.4 Å². The van der Waals surface area contributed by atoms with Crippen molar-refractivity contribution in [2.24, 2.45) is 0 Å². The molecule has 0 unspecified atom stereocenters. The van der Waals surface area contributed by atoms with E-state index in [1.54, 1.807) is 14.1 Å². The molecule has 0 aliphatic heterocycles. The number of alkyl carbamates (subject to hydrolysis) is 1. The van der Waals surface area contributed by atoms with Crippen LogP contribution < -0.4 is 16.0 Å². The molecule has 0 aromatic carbocycles. The first-order valence-corrected chi connectivity index (χ1v) is 6.35. The van der Waals surface area contributed by atoms with E-state index in [1.165, 1.54) is 4.90 Å². The van der Waals surface area contributed by atoms with Gasteiger partial charge in [-0.2, -0.15) is 0 Å². The monoisotopic (exact) mass is 274 g/mol. The summed E-state index contributed by atoms with van der Waals surface area (Å²) in [5.41, 5.74) is -0.478. The first-order valence-electron chi connectivity index (χ1n) is 6.35. The fourth-order valence-electron chi connectivity index (χ4n) is 1.11. The van der Waals surface area contributed by atoms with Crippen LogP contribution in [-0.4, -0.2) is 62.9 Å². The topological polar surface area (TPSA) is 82.7 Å². The van der Waals surface area contributed by atoms with Crippen LogP contribution in [0, 0.1) is 0 Å². The van der Waals surface area contributed by atoms with Gasteiger partial charge in [0.05, 0.1) is 0 Å². The summed E-state index contributed by atoms with van der Waals surface area (Å²) in [6.07, 6.45) is -0.421. The Hall–Kier alpha value is -1.50. The van der Waals surface area contributed by atoms with Gasteiger partial charge < -0.3 is 25.6 Å². The molecule has 7 nitrogen and oxygen atoms in total. The van der Waals surface area contributed by atoms with Gasteiger partial charge in [-0.25, -0.2) is 9.59 Å². The highest BCUT2D eigenvalue weighted by molar-refractivity contribution is 5.73. The van der Waals surface area contributed by atoms with Crippen LogP contribution in [0.5, 0.6) is 0 Å². The molecule has 0 aliphatic rings. The molecule has 0 fully saturated rings. The number of rotatable bonds is 6. The molecule has 112 valence electrons. The summed E-state index contributed by atoms with van der Waals surface area (Å²) in [7, 11) is 3.38. The van der Waals surface area contributed by atoms with Crippen molar-refractivity contribution in [3.05, 3.63) is 0 Å². The van der Waals surface area contributed by atoms with Crippen LogP contribution in [0.15, 0.2) is 0 Å². The first kappa shape index (κ1) is 17.5. The Balaban J connectivity index is 3.41. The van der Waals surface area contributed by atoms with Crippen LogP contribution in [0.25, 0.3) is 0 Å². The lowest BCUT2D eigenvalue weighted by Crippen LogP contribution is -2.40. The molecule has 0 saturated heterocycles. The molecule has 0 aromatic heterocycles. The molecule has 3 amide bonds. The summed E-state index contributed by atoms with van der Waals surface area (Å²) in [6.45, 7) is 7.75. The molecule has 19 heavy (non-hydrogen) atoms. The number of urea groups is 1. The van der Waals surface area contributed by atoms with Gasteiger partial charge in [-0.1, -0.05) is 0 Å². The number of nitrogens with one attached hydrogen (secondary N) is 3. The molecule has 0 bridgehead atoms. The van der Waals surface area contributed by atoms with Crippen LogP contribution in [0.2, 0.25) is 0 Å². The van der Waals surface area contributed by atoms with Gasteiger partial charge in [-0.3, -0.25) is 0 Å². The molecule has 0 rings (SSSR count). The van der Waals surface area contributed by atoms with Crippen LogP contribution in [0.4, 0.5) is 9.59 Å². The van der Waals surface area contributed by atoms with Crippen molar-refractivity contribution in [1.29, 1.82) is 0 Å². The number of amides is 3. The quantitative estimate of drug-likeness (QED) is 0.611. The van der Waals surface area contributed by atoms with Crippen LogP contribution >= 0.6 is 0 Å². The minimum absolute atomic E-state index is 0.117. The highest BCUT2D eigenvalue weighted by Crippen LogP contribution is 2.05. The highest BCUT2D eigenvalue weighted by atomic mass is 16.6. The fraction of sp³-hybridized carbons (Fsp3) is 0.833. The second kappa shape index (κ2) is 8.58. The molecule has 7 heteroatoms. The van der Waals surface area contributed by atoms with Gasteiger partial charge in [0, 0.05) is 40.3 Å². The van der Waals surface area contributed by atoms with E-state index in [1.807, 2.05) is 20.8 Å². The molecule has 0 radical (unpaired) electrons. The van der Waals surface area contributed by atoms with Gasteiger partial charge in [0.15, 0.2) is 0 Å². The summed E-state index contributed by atoms with van der Waals surface area (Å²) in [5.74, 6) is 0. The first-order chi connectivity index (χ1) is 8.72. The van der Waals surface area contributed by atoms with Crippen molar-refractivity contribution < 1.29 is 14.3 Å². The van der Waals surface area contributed by atoms with Crippen molar-refractivity contribution >= 4 is 12.1 Å². The summed E-state index contributed by atoms with van der Waals surface area (Å²) in [6, 6.07) is -0.117. The Labute approximate surface area is 115 Å². The van der Waals surface area contributed by atoms with Crippen molar-refractivity contribution in [2.75, 3.05) is 40.3 Å². The molecular formula is C12H26N4O3. The van der Waals surface area contributed by atoms with E-state index >= 15 is 0 Å². The maximum Gasteiger partial charge on any atom is 0.407 e. The number of nitrogens with zero attached hydrogens (tertiary/aromatic N) is 1. The zero-order chi connectivity index (χ0) is 14.9. The number of carbonyl (C=O) groups excluding carboxylic acids is 2. The van der Waals surface area contributed by atoms with E-state index in [4.69, 9.17) is 4.74 Å². The summed E-state index contributed by atoms with van der Waals surface area (Å²) < 4.78 is 5.08. The van der Waals surface area contributed by atoms with Crippen molar-refractivity contribution in [3.8, 4) is 0 Å². The van der Waals surface area contributed by atoms with E-state index in [0.29, 0.717) is 26.2 Å². The molecule has 0 spiro atoms. The van der Waals surface area contributed by atoms with Gasteiger partial charge in [0.1, 0.15) is 5.60 Å². The molecule has 0 aromatic rings. The molecule has 0 heterocycles. The normalized spacial score (nSPS) is 10.8. The maximum absolute atomic E-state index is 11.3. The van der Waals surface area contributed by atoms with E-state index in [9.17, 15) is 9.59 Å². The number of hydrogen-bond acceptors (Lipinski definition) is 4. The third-order valence-corrected chi connectivity index (χ3v) is 1.95. The third kappa shape index (κ3) is 11.3. The fourth-order valence-corrected chi connectivity index (χ4v) is 1.11. The van der Waals surface area contributed by atoms with Crippen LogP contribution in [0.1, 0.15) is 20.8 Å². The van der Waals surface area contributed by atoms with Gasteiger partial charge in [0.25, 0.3) is 0 Å². The predicted octanol–water partition coefficient (Wildman–Crippen LogP) is 0.372. The predicted molar refractivity (Wildman–Crippen MR) is 74.2 cm³/mol. The maximum atomic E-state index is 11.3. The lowest BCUT2D eigenvalue weighted by molar-refractivity contribution is 0.0528. The van der Waals surface area contributed by atoms with Crippen LogP contribution in [-0.2, 0) is 4.74 Å². The second-order valence-corrected chi connectivity index (χ2v) is 5.31. The smallest absolute Gasteiger partial charge is 0.407 e. The third-order valence-electron chi connectivity index (χ3n) is 1.95. The van der Waals surface area contributed by atoms with E-state index in [0.717, 1.165) is 0 Å². The lowest BCUT2D eigenvalue weighted by atomic mass is 10.2. The largest absolute Gasteiger partial charge is 0.444 e. The van der Waals surface area contributed by atoms with E-state index in [-0.39, 0.29) is 6.03 Å². The van der Waals surface area contributed by atoms with Gasteiger partial charge in [-0.05, 0) is 20.8 Å². The zero-order valence-electron chi connectivity index (χ0n) is 12.5. The molecule has 0 aliphatic carbocycles. The Morgan fingerprint density at radius 3 is 2.00 bits per heavy atom. The lowest BCUT2D eigenvalue weighted by Gasteiger charge is -2.19. The van der Waals surface area contributed by atoms with Gasteiger partial charge >= 0.3 is 12.1 Å². The van der Waals surface area contributed by atoms with Crippen molar-refractivity contribution in [3.63, 3.8) is 0 Å². The molecular weight excluding hydrogens is 248 g/mol. The summed E-state index contributed by atoms with van der Waals surface area (Å²) in [4.78, 5) is 23.9. The Kier molecular flexibility index (Phi) is 7.90.